The maximum atomic E-state index is 12.9. The number of ether oxygens (including phenoxy) is 1. The van der Waals surface area contributed by atoms with Crippen LogP contribution in [0, 0.1) is 11.8 Å². The van der Waals surface area contributed by atoms with Crippen LogP contribution in [0.2, 0.25) is 0 Å². The summed E-state index contributed by atoms with van der Waals surface area (Å²) in [6.07, 6.45) is -4.31. The average molecular weight is 358 g/mol. The minimum Gasteiger partial charge on any atom is -0.396 e. The topological polar surface area (TPSA) is 35.9 Å². The zero-order valence-corrected chi connectivity index (χ0v) is 14.2. The molecule has 0 aromatic heterocycles. The number of aliphatic hydroxyl groups is 1. The Labute approximate surface area is 146 Å². The molecule has 2 fully saturated rings. The van der Waals surface area contributed by atoms with Crippen molar-refractivity contribution in [2.75, 3.05) is 52.5 Å². The Morgan fingerprint density at radius 3 is 2.48 bits per heavy atom. The number of rotatable bonds is 5. The maximum absolute atomic E-state index is 12.9. The summed E-state index contributed by atoms with van der Waals surface area (Å²) in [5.41, 5.74) is 0.0614. The summed E-state index contributed by atoms with van der Waals surface area (Å²) >= 11 is 0. The Bertz CT molecular complexity index is 561. The van der Waals surface area contributed by atoms with Gasteiger partial charge in [-0.25, -0.2) is 0 Å². The Morgan fingerprint density at radius 1 is 1.08 bits per heavy atom. The number of benzene rings is 1. The first kappa shape index (κ1) is 18.6. The zero-order valence-electron chi connectivity index (χ0n) is 14.2. The summed E-state index contributed by atoms with van der Waals surface area (Å²) in [7, 11) is 0. The van der Waals surface area contributed by atoms with Gasteiger partial charge in [0.1, 0.15) is 0 Å². The van der Waals surface area contributed by atoms with Crippen molar-refractivity contribution in [3.05, 3.63) is 35.4 Å². The summed E-state index contributed by atoms with van der Waals surface area (Å²) in [5, 5.41) is 9.68. The van der Waals surface area contributed by atoms with Crippen molar-refractivity contribution in [2.24, 2.45) is 11.8 Å². The third-order valence-corrected chi connectivity index (χ3v) is 5.14. The molecule has 0 saturated carbocycles. The molecule has 1 N–H and O–H groups in total. The third-order valence-electron chi connectivity index (χ3n) is 5.14. The van der Waals surface area contributed by atoms with E-state index in [-0.39, 0.29) is 12.5 Å². The van der Waals surface area contributed by atoms with Gasteiger partial charge >= 0.3 is 6.18 Å². The standard InChI is InChI=1S/C18H25F3N2O2/c19-18(20,21)17-3-1-2-14(8-17)9-23-11-15(16(12-23)13-24)10-22-4-6-25-7-5-22/h1-3,8,15-16,24H,4-7,9-13H2. The molecule has 0 amide bonds. The van der Waals surface area contributed by atoms with Gasteiger partial charge in [0.05, 0.1) is 18.8 Å². The highest BCUT2D eigenvalue weighted by Crippen LogP contribution is 2.31. The van der Waals surface area contributed by atoms with E-state index in [2.05, 4.69) is 9.80 Å². The molecule has 0 radical (unpaired) electrons. The normalized spacial score (nSPS) is 26.2. The molecular weight excluding hydrogens is 333 g/mol. The van der Waals surface area contributed by atoms with Crippen molar-refractivity contribution in [1.29, 1.82) is 0 Å². The Morgan fingerprint density at radius 2 is 1.80 bits per heavy atom. The van der Waals surface area contributed by atoms with E-state index >= 15 is 0 Å². The number of halogens is 3. The lowest BCUT2D eigenvalue weighted by Gasteiger charge is -2.30. The van der Waals surface area contributed by atoms with Crippen molar-refractivity contribution >= 4 is 0 Å². The molecule has 2 aliphatic heterocycles. The quantitative estimate of drug-likeness (QED) is 0.874. The maximum Gasteiger partial charge on any atom is 0.416 e. The fraction of sp³-hybridized carbons (Fsp3) is 0.667. The SMILES string of the molecule is OCC1CN(Cc2cccc(C(F)(F)F)c2)CC1CN1CCOCC1. The minimum absolute atomic E-state index is 0.119. The summed E-state index contributed by atoms with van der Waals surface area (Å²) < 4.78 is 43.9. The lowest BCUT2D eigenvalue weighted by molar-refractivity contribution is -0.137. The van der Waals surface area contributed by atoms with E-state index in [4.69, 9.17) is 4.74 Å². The van der Waals surface area contributed by atoms with E-state index in [0.29, 0.717) is 18.0 Å². The molecule has 3 rings (SSSR count). The van der Waals surface area contributed by atoms with Crippen molar-refractivity contribution in [1.82, 2.24) is 9.80 Å². The van der Waals surface area contributed by atoms with Crippen LogP contribution in [0.15, 0.2) is 24.3 Å². The molecule has 0 spiro atoms. The molecule has 7 heteroatoms. The highest BCUT2D eigenvalue weighted by molar-refractivity contribution is 5.25. The molecular formula is C18H25F3N2O2. The molecule has 140 valence electrons. The third kappa shape index (κ3) is 4.94. The highest BCUT2D eigenvalue weighted by atomic mass is 19.4. The van der Waals surface area contributed by atoms with Crippen molar-refractivity contribution < 1.29 is 23.0 Å². The largest absolute Gasteiger partial charge is 0.416 e. The predicted octanol–water partition coefficient (Wildman–Crippen LogP) is 2.08. The van der Waals surface area contributed by atoms with E-state index in [1.165, 1.54) is 12.1 Å². The smallest absolute Gasteiger partial charge is 0.396 e. The van der Waals surface area contributed by atoms with Gasteiger partial charge in [0.25, 0.3) is 0 Å². The van der Waals surface area contributed by atoms with Crippen LogP contribution in [0.25, 0.3) is 0 Å². The first-order valence-electron chi connectivity index (χ1n) is 8.75. The number of hydrogen-bond acceptors (Lipinski definition) is 4. The Kier molecular flexibility index (Phi) is 5.99. The average Bonchev–Trinajstić information content (AvgIpc) is 2.96. The molecule has 0 bridgehead atoms. The second-order valence-corrected chi connectivity index (χ2v) is 7.01. The Hall–Kier alpha value is -1.15. The van der Waals surface area contributed by atoms with Crippen LogP contribution in [0.4, 0.5) is 13.2 Å². The van der Waals surface area contributed by atoms with Gasteiger partial charge in [0, 0.05) is 45.9 Å². The summed E-state index contributed by atoms with van der Waals surface area (Å²) in [4.78, 5) is 4.51. The van der Waals surface area contributed by atoms with Gasteiger partial charge in [0.2, 0.25) is 0 Å². The van der Waals surface area contributed by atoms with Gasteiger partial charge in [-0.2, -0.15) is 13.2 Å². The van der Waals surface area contributed by atoms with E-state index in [9.17, 15) is 18.3 Å². The van der Waals surface area contributed by atoms with Gasteiger partial charge in [-0.15, -0.1) is 0 Å². The molecule has 25 heavy (non-hydrogen) atoms. The minimum atomic E-state index is -4.31. The van der Waals surface area contributed by atoms with Crippen molar-refractivity contribution in [3.8, 4) is 0 Å². The molecule has 1 aromatic carbocycles. The summed E-state index contributed by atoms with van der Waals surface area (Å²) in [6, 6.07) is 5.52. The molecule has 2 atom stereocenters. The fourth-order valence-corrected chi connectivity index (χ4v) is 3.80. The van der Waals surface area contributed by atoms with Crippen LogP contribution in [0.1, 0.15) is 11.1 Å². The molecule has 0 aliphatic carbocycles. The van der Waals surface area contributed by atoms with Crippen LogP contribution in [-0.2, 0) is 17.5 Å². The van der Waals surface area contributed by atoms with Gasteiger partial charge in [-0.05, 0) is 23.5 Å². The first-order valence-corrected chi connectivity index (χ1v) is 8.75. The molecule has 1 aromatic rings. The second kappa shape index (κ2) is 8.03. The predicted molar refractivity (Wildman–Crippen MR) is 88.0 cm³/mol. The molecule has 2 unspecified atom stereocenters. The summed E-state index contributed by atoms with van der Waals surface area (Å²) in [5.74, 6) is 0.516. The van der Waals surface area contributed by atoms with Crippen LogP contribution in [-0.4, -0.2) is 67.5 Å². The number of alkyl halides is 3. The monoisotopic (exact) mass is 358 g/mol. The highest BCUT2D eigenvalue weighted by Gasteiger charge is 2.34. The van der Waals surface area contributed by atoms with Gasteiger partial charge in [-0.3, -0.25) is 9.80 Å². The van der Waals surface area contributed by atoms with Crippen LogP contribution >= 0.6 is 0 Å². The van der Waals surface area contributed by atoms with E-state index in [0.717, 1.165) is 52.0 Å². The fourth-order valence-electron chi connectivity index (χ4n) is 3.80. The summed E-state index contributed by atoms with van der Waals surface area (Å²) in [6.45, 7) is 6.34. The molecule has 2 aliphatic rings. The molecule has 2 heterocycles. The lowest BCUT2D eigenvalue weighted by Crippen LogP contribution is -2.41. The number of nitrogens with zero attached hydrogens (tertiary/aromatic N) is 2. The van der Waals surface area contributed by atoms with Gasteiger partial charge in [0.15, 0.2) is 0 Å². The first-order chi connectivity index (χ1) is 12.0. The lowest BCUT2D eigenvalue weighted by atomic mass is 9.96. The van der Waals surface area contributed by atoms with E-state index in [1.807, 2.05) is 0 Å². The second-order valence-electron chi connectivity index (χ2n) is 7.01. The van der Waals surface area contributed by atoms with Crippen LogP contribution < -0.4 is 0 Å². The zero-order chi connectivity index (χ0) is 17.9. The van der Waals surface area contributed by atoms with E-state index in [1.54, 1.807) is 6.07 Å². The van der Waals surface area contributed by atoms with Crippen LogP contribution in [0.3, 0.4) is 0 Å². The molecule has 2 saturated heterocycles. The van der Waals surface area contributed by atoms with E-state index < -0.39 is 11.7 Å². The van der Waals surface area contributed by atoms with Gasteiger partial charge < -0.3 is 9.84 Å². The number of hydrogen-bond donors (Lipinski definition) is 1. The number of likely N-dealkylation sites (tertiary alicyclic amines) is 1. The molecule has 4 nitrogen and oxygen atoms in total. The van der Waals surface area contributed by atoms with Crippen molar-refractivity contribution in [2.45, 2.75) is 12.7 Å². The Balaban J connectivity index is 1.60. The van der Waals surface area contributed by atoms with Crippen LogP contribution in [0.5, 0.6) is 0 Å². The number of aliphatic hydroxyl groups excluding tert-OH is 1. The van der Waals surface area contributed by atoms with Gasteiger partial charge in [-0.1, -0.05) is 18.2 Å². The van der Waals surface area contributed by atoms with Crippen molar-refractivity contribution in [3.63, 3.8) is 0 Å². The number of morpholine rings is 1.